The summed E-state index contributed by atoms with van der Waals surface area (Å²) < 4.78 is 30.0. The van der Waals surface area contributed by atoms with Crippen molar-refractivity contribution < 1.29 is 17.9 Å². The first-order valence-electron chi connectivity index (χ1n) is 8.52. The van der Waals surface area contributed by atoms with Gasteiger partial charge in [0, 0.05) is 32.7 Å². The topological polar surface area (TPSA) is 100 Å². The third-order valence-electron chi connectivity index (χ3n) is 3.96. The molecule has 0 bridgehead atoms. The highest BCUT2D eigenvalue weighted by atomic mass is 127. The van der Waals surface area contributed by atoms with Gasteiger partial charge in [-0.25, -0.2) is 13.1 Å². The Morgan fingerprint density at radius 3 is 2.44 bits per heavy atom. The molecular formula is C15H31IN4O4S. The molecule has 0 aliphatic carbocycles. The van der Waals surface area contributed by atoms with Gasteiger partial charge in [0.05, 0.1) is 18.8 Å². The van der Waals surface area contributed by atoms with Crippen LogP contribution in [0.5, 0.6) is 0 Å². The molecule has 0 aromatic heterocycles. The SMILES string of the molecule is CCNC(=NCCCNS(=O)(=O)CC)N1CCC(C(=O)OC)CC1.I. The number of rotatable bonds is 8. The van der Waals surface area contributed by atoms with Crippen molar-refractivity contribution in [1.29, 1.82) is 0 Å². The van der Waals surface area contributed by atoms with Crippen molar-refractivity contribution in [3.63, 3.8) is 0 Å². The fourth-order valence-electron chi connectivity index (χ4n) is 2.51. The van der Waals surface area contributed by atoms with Gasteiger partial charge in [-0.1, -0.05) is 0 Å². The van der Waals surface area contributed by atoms with E-state index < -0.39 is 10.0 Å². The molecule has 1 saturated heterocycles. The van der Waals surface area contributed by atoms with Crippen molar-refractivity contribution in [2.45, 2.75) is 33.1 Å². The number of guanidine groups is 1. The lowest BCUT2D eigenvalue weighted by atomic mass is 9.97. The molecule has 1 rings (SSSR count). The maximum absolute atomic E-state index is 11.6. The van der Waals surface area contributed by atoms with Crippen molar-refractivity contribution in [2.75, 3.05) is 45.6 Å². The van der Waals surface area contributed by atoms with Gasteiger partial charge in [0.1, 0.15) is 0 Å². The monoisotopic (exact) mass is 490 g/mol. The number of ether oxygens (including phenoxy) is 1. The first-order chi connectivity index (χ1) is 11.4. The second-order valence-electron chi connectivity index (χ2n) is 5.67. The van der Waals surface area contributed by atoms with E-state index in [4.69, 9.17) is 4.74 Å². The highest BCUT2D eigenvalue weighted by molar-refractivity contribution is 14.0. The van der Waals surface area contributed by atoms with E-state index in [0.717, 1.165) is 38.4 Å². The molecule has 148 valence electrons. The molecule has 1 aliphatic rings. The van der Waals surface area contributed by atoms with E-state index in [0.29, 0.717) is 19.5 Å². The summed E-state index contributed by atoms with van der Waals surface area (Å²) in [6.45, 7) is 6.84. The molecular weight excluding hydrogens is 459 g/mol. The smallest absolute Gasteiger partial charge is 0.308 e. The van der Waals surface area contributed by atoms with E-state index >= 15 is 0 Å². The molecule has 0 radical (unpaired) electrons. The number of nitrogens with zero attached hydrogens (tertiary/aromatic N) is 2. The van der Waals surface area contributed by atoms with Gasteiger partial charge < -0.3 is 15.0 Å². The Labute approximate surface area is 168 Å². The number of piperidine rings is 1. The van der Waals surface area contributed by atoms with Gasteiger partial charge in [0.15, 0.2) is 5.96 Å². The van der Waals surface area contributed by atoms with Gasteiger partial charge in [0.2, 0.25) is 10.0 Å². The second-order valence-corrected chi connectivity index (χ2v) is 7.77. The number of methoxy groups -OCH3 is 1. The van der Waals surface area contributed by atoms with Crippen LogP contribution in [-0.4, -0.2) is 70.8 Å². The molecule has 0 unspecified atom stereocenters. The summed E-state index contributed by atoms with van der Waals surface area (Å²) >= 11 is 0. The van der Waals surface area contributed by atoms with E-state index in [2.05, 4.69) is 19.9 Å². The molecule has 0 spiro atoms. The molecule has 8 nitrogen and oxygen atoms in total. The Hall–Kier alpha value is -0.620. The van der Waals surface area contributed by atoms with Crippen molar-refractivity contribution in [1.82, 2.24) is 14.9 Å². The average molecular weight is 490 g/mol. The van der Waals surface area contributed by atoms with Crippen molar-refractivity contribution in [2.24, 2.45) is 10.9 Å². The first-order valence-corrected chi connectivity index (χ1v) is 10.2. The van der Waals surface area contributed by atoms with Crippen molar-refractivity contribution >= 4 is 45.9 Å². The Bertz CT molecular complexity index is 520. The molecule has 0 amide bonds. The standard InChI is InChI=1S/C15H30N4O4S.HI/c1-4-16-15(17-9-6-10-18-24(21,22)5-2)19-11-7-13(8-12-19)14(20)23-3;/h13,18H,4-12H2,1-3H3,(H,16,17);1H. The number of aliphatic imine (C=N–C) groups is 1. The molecule has 1 aliphatic heterocycles. The number of hydrogen-bond donors (Lipinski definition) is 2. The van der Waals surface area contributed by atoms with E-state index in [1.54, 1.807) is 6.92 Å². The summed E-state index contributed by atoms with van der Waals surface area (Å²) in [5.41, 5.74) is 0. The Morgan fingerprint density at radius 1 is 1.28 bits per heavy atom. The van der Waals surface area contributed by atoms with Crippen molar-refractivity contribution in [3.05, 3.63) is 0 Å². The van der Waals surface area contributed by atoms with Crippen LogP contribution in [0.25, 0.3) is 0 Å². The number of esters is 1. The van der Waals surface area contributed by atoms with Crippen LogP contribution in [0.3, 0.4) is 0 Å². The first kappa shape index (κ1) is 24.4. The second kappa shape index (κ2) is 12.7. The van der Waals surface area contributed by atoms with Gasteiger partial charge in [-0.3, -0.25) is 9.79 Å². The minimum atomic E-state index is -3.14. The van der Waals surface area contributed by atoms with E-state index in [-0.39, 0.29) is 41.6 Å². The van der Waals surface area contributed by atoms with E-state index in [9.17, 15) is 13.2 Å². The van der Waals surface area contributed by atoms with E-state index in [1.165, 1.54) is 7.11 Å². The number of halogens is 1. The highest BCUT2D eigenvalue weighted by Crippen LogP contribution is 2.18. The molecule has 0 aromatic rings. The predicted molar refractivity (Wildman–Crippen MR) is 110 cm³/mol. The fourth-order valence-corrected chi connectivity index (χ4v) is 3.17. The predicted octanol–water partition coefficient (Wildman–Crippen LogP) is 0.784. The van der Waals surface area contributed by atoms with E-state index in [1.807, 2.05) is 6.92 Å². The van der Waals surface area contributed by atoms with Gasteiger partial charge in [0.25, 0.3) is 0 Å². The number of likely N-dealkylation sites (tertiary alicyclic amines) is 1. The summed E-state index contributed by atoms with van der Waals surface area (Å²) in [5.74, 6) is 0.741. The molecule has 25 heavy (non-hydrogen) atoms. The molecule has 0 saturated carbocycles. The Balaban J connectivity index is 0.00000576. The molecule has 10 heteroatoms. The number of carbonyl (C=O) groups excluding carboxylic acids is 1. The largest absolute Gasteiger partial charge is 0.469 e. The lowest BCUT2D eigenvalue weighted by Gasteiger charge is -2.33. The molecule has 1 heterocycles. The molecule has 0 aromatic carbocycles. The minimum absolute atomic E-state index is 0. The maximum atomic E-state index is 11.6. The fraction of sp³-hybridized carbons (Fsp3) is 0.867. The van der Waals surface area contributed by atoms with Gasteiger partial charge in [-0.15, -0.1) is 24.0 Å². The maximum Gasteiger partial charge on any atom is 0.308 e. The summed E-state index contributed by atoms with van der Waals surface area (Å²) in [7, 11) is -1.71. The van der Waals surface area contributed by atoms with Crippen LogP contribution in [0.2, 0.25) is 0 Å². The van der Waals surface area contributed by atoms with Crippen LogP contribution < -0.4 is 10.0 Å². The third-order valence-corrected chi connectivity index (χ3v) is 5.37. The summed E-state index contributed by atoms with van der Waals surface area (Å²) in [6.07, 6.45) is 2.16. The number of nitrogens with one attached hydrogen (secondary N) is 2. The third kappa shape index (κ3) is 9.04. The minimum Gasteiger partial charge on any atom is -0.469 e. The van der Waals surface area contributed by atoms with Gasteiger partial charge in [-0.2, -0.15) is 0 Å². The summed E-state index contributed by atoms with van der Waals surface area (Å²) in [6, 6.07) is 0. The zero-order valence-corrected chi connectivity index (χ0v) is 18.4. The number of sulfonamides is 1. The van der Waals surface area contributed by atoms with Crippen LogP contribution in [-0.2, 0) is 19.6 Å². The normalized spacial score (nSPS) is 16.3. The Kier molecular flexibility index (Phi) is 12.4. The quantitative estimate of drug-likeness (QED) is 0.172. The van der Waals surface area contributed by atoms with Crippen LogP contribution in [0.4, 0.5) is 0 Å². The molecule has 1 fully saturated rings. The van der Waals surface area contributed by atoms with Crippen LogP contribution in [0.15, 0.2) is 4.99 Å². The van der Waals surface area contributed by atoms with Gasteiger partial charge >= 0.3 is 5.97 Å². The zero-order valence-electron chi connectivity index (χ0n) is 15.3. The van der Waals surface area contributed by atoms with Gasteiger partial charge in [-0.05, 0) is 33.1 Å². The molecule has 0 atom stereocenters. The summed E-state index contributed by atoms with van der Waals surface area (Å²) in [4.78, 5) is 18.3. The lowest BCUT2D eigenvalue weighted by molar-refractivity contribution is -0.146. The van der Waals surface area contributed by atoms with Crippen LogP contribution in [0.1, 0.15) is 33.1 Å². The average Bonchev–Trinajstić information content (AvgIpc) is 2.60. The van der Waals surface area contributed by atoms with Crippen molar-refractivity contribution in [3.8, 4) is 0 Å². The number of hydrogen-bond acceptors (Lipinski definition) is 5. The summed E-state index contributed by atoms with van der Waals surface area (Å²) in [5, 5.41) is 3.25. The van der Waals surface area contributed by atoms with Crippen LogP contribution >= 0.6 is 24.0 Å². The zero-order chi connectivity index (χ0) is 18.0. The number of carbonyl (C=O) groups is 1. The lowest BCUT2D eigenvalue weighted by Crippen LogP contribution is -2.46. The molecule has 2 N–H and O–H groups in total. The van der Waals surface area contributed by atoms with Crippen LogP contribution in [0, 0.1) is 5.92 Å². The highest BCUT2D eigenvalue weighted by Gasteiger charge is 2.26. The Morgan fingerprint density at radius 2 is 1.92 bits per heavy atom.